The number of aromatic nitrogens is 3. The largest absolute Gasteiger partial charge is 0.441 e. The lowest BCUT2D eigenvalue weighted by Gasteiger charge is -2.35. The smallest absolute Gasteiger partial charge is 0.415 e. The van der Waals surface area contributed by atoms with Crippen molar-refractivity contribution in [2.45, 2.75) is 38.2 Å². The summed E-state index contributed by atoms with van der Waals surface area (Å²) in [6, 6.07) is 12.2. The summed E-state index contributed by atoms with van der Waals surface area (Å²) in [5.41, 5.74) is 1.72. The highest BCUT2D eigenvalue weighted by atomic mass is 19.1. The fourth-order valence-corrected chi connectivity index (χ4v) is 4.55. The molecule has 1 spiro atoms. The predicted octanol–water partition coefficient (Wildman–Crippen LogP) is 4.71. The maximum atomic E-state index is 14.0. The van der Waals surface area contributed by atoms with E-state index in [9.17, 15) is 9.18 Å². The molecule has 1 amide bonds. The van der Waals surface area contributed by atoms with Gasteiger partial charge in [-0.25, -0.2) is 13.9 Å². The van der Waals surface area contributed by atoms with Gasteiger partial charge in [-0.2, -0.15) is 5.10 Å². The fraction of sp³-hybridized carbons (Fsp3) is 0.375. The first-order valence-corrected chi connectivity index (χ1v) is 11.0. The highest BCUT2D eigenvalue weighted by Crippen LogP contribution is 2.40. The van der Waals surface area contributed by atoms with Crippen LogP contribution in [0.15, 0.2) is 54.9 Å². The molecular weight excluding hydrogens is 409 g/mol. The Hall–Kier alpha value is -3.42. The van der Waals surface area contributed by atoms with Crippen molar-refractivity contribution in [1.29, 1.82) is 0 Å². The van der Waals surface area contributed by atoms with E-state index in [2.05, 4.69) is 15.4 Å². The van der Waals surface area contributed by atoms with Crippen molar-refractivity contribution in [3.63, 3.8) is 0 Å². The van der Waals surface area contributed by atoms with Gasteiger partial charge in [-0.1, -0.05) is 12.1 Å². The normalized spacial score (nSPS) is 22.9. The van der Waals surface area contributed by atoms with Crippen molar-refractivity contribution in [2.24, 2.45) is 5.92 Å². The summed E-state index contributed by atoms with van der Waals surface area (Å²) < 4.78 is 21.4. The third-order valence-electron chi connectivity index (χ3n) is 6.45. The summed E-state index contributed by atoms with van der Waals surface area (Å²) in [6.45, 7) is 3.28. The van der Waals surface area contributed by atoms with Crippen molar-refractivity contribution in [2.75, 3.05) is 23.3 Å². The van der Waals surface area contributed by atoms with Gasteiger partial charge in [0, 0.05) is 24.5 Å². The summed E-state index contributed by atoms with van der Waals surface area (Å²) in [6.07, 6.45) is 6.80. The molecule has 1 N–H and O–H groups in total. The number of pyridine rings is 1. The number of carbonyl (C=O) groups excluding carboxylic acids is 1. The molecule has 8 heteroatoms. The topological polar surface area (TPSA) is 72.3 Å². The van der Waals surface area contributed by atoms with Crippen LogP contribution in [0.5, 0.6) is 0 Å². The van der Waals surface area contributed by atoms with Gasteiger partial charge in [-0.15, -0.1) is 0 Å². The van der Waals surface area contributed by atoms with E-state index in [1.54, 1.807) is 40.2 Å². The van der Waals surface area contributed by atoms with Gasteiger partial charge < -0.3 is 10.1 Å². The van der Waals surface area contributed by atoms with Crippen LogP contribution < -0.4 is 10.2 Å². The highest BCUT2D eigenvalue weighted by molar-refractivity contribution is 5.90. The summed E-state index contributed by atoms with van der Waals surface area (Å²) >= 11 is 0. The molecule has 32 heavy (non-hydrogen) atoms. The average Bonchev–Trinajstić information content (AvgIpc) is 3.39. The maximum absolute atomic E-state index is 14.0. The molecule has 5 rings (SSSR count). The zero-order chi connectivity index (χ0) is 22.1. The zero-order valence-electron chi connectivity index (χ0n) is 18.0. The molecule has 1 aliphatic carbocycles. The van der Waals surface area contributed by atoms with Crippen molar-refractivity contribution >= 4 is 17.6 Å². The Kier molecular flexibility index (Phi) is 5.28. The molecule has 2 aliphatic rings. The molecular formula is C24H26FN5O2. The van der Waals surface area contributed by atoms with E-state index in [1.165, 1.54) is 6.07 Å². The average molecular weight is 436 g/mol. The Labute approximate surface area is 186 Å². The fourth-order valence-electron chi connectivity index (χ4n) is 4.55. The van der Waals surface area contributed by atoms with Crippen LogP contribution in [0.1, 0.15) is 31.4 Å². The molecule has 2 fully saturated rings. The number of nitrogens with one attached hydrogen (secondary N) is 1. The molecule has 2 aromatic heterocycles. The Balaban J connectivity index is 1.15. The van der Waals surface area contributed by atoms with Crippen molar-refractivity contribution in [3.05, 3.63) is 66.4 Å². The summed E-state index contributed by atoms with van der Waals surface area (Å²) in [5.74, 6) is 0.883. The number of halogens is 1. The number of para-hydroxylation sites is 1. The summed E-state index contributed by atoms with van der Waals surface area (Å²) in [4.78, 5) is 18.5. The zero-order valence-corrected chi connectivity index (χ0v) is 18.0. The van der Waals surface area contributed by atoms with Crippen LogP contribution >= 0.6 is 0 Å². The monoisotopic (exact) mass is 435 g/mol. The van der Waals surface area contributed by atoms with Gasteiger partial charge in [0.25, 0.3) is 0 Å². The van der Waals surface area contributed by atoms with E-state index in [0.29, 0.717) is 18.2 Å². The van der Waals surface area contributed by atoms with Crippen LogP contribution in [0.3, 0.4) is 0 Å². The Morgan fingerprint density at radius 1 is 1.19 bits per heavy atom. The lowest BCUT2D eigenvalue weighted by Crippen LogP contribution is -2.39. The molecule has 1 saturated heterocycles. The van der Waals surface area contributed by atoms with Crippen molar-refractivity contribution in [3.8, 4) is 5.69 Å². The van der Waals surface area contributed by atoms with Gasteiger partial charge in [0.15, 0.2) is 0 Å². The van der Waals surface area contributed by atoms with Crippen LogP contribution in [-0.4, -0.2) is 39.5 Å². The number of hydrogen-bond donors (Lipinski definition) is 1. The quantitative estimate of drug-likeness (QED) is 0.628. The minimum Gasteiger partial charge on any atom is -0.441 e. The molecule has 0 radical (unpaired) electrons. The van der Waals surface area contributed by atoms with Gasteiger partial charge in [-0.3, -0.25) is 9.88 Å². The Morgan fingerprint density at radius 2 is 2.00 bits per heavy atom. The number of ether oxygens (including phenoxy) is 1. The van der Waals surface area contributed by atoms with Crippen LogP contribution in [0, 0.1) is 18.7 Å². The first-order chi connectivity index (χ1) is 15.5. The van der Waals surface area contributed by atoms with E-state index >= 15 is 0 Å². The van der Waals surface area contributed by atoms with Crippen LogP contribution in [0.2, 0.25) is 0 Å². The molecule has 1 aromatic carbocycles. The van der Waals surface area contributed by atoms with E-state index in [1.807, 2.05) is 25.1 Å². The van der Waals surface area contributed by atoms with Gasteiger partial charge in [0.1, 0.15) is 22.9 Å². The minimum atomic E-state index is -0.412. The number of anilines is 2. The minimum absolute atomic E-state index is 0.286. The number of hydrogen-bond acceptors (Lipinski definition) is 5. The van der Waals surface area contributed by atoms with Crippen molar-refractivity contribution < 1.29 is 13.9 Å². The van der Waals surface area contributed by atoms with Gasteiger partial charge in [-0.05, 0) is 62.8 Å². The molecule has 1 saturated carbocycles. The molecule has 3 aromatic rings. The van der Waals surface area contributed by atoms with E-state index < -0.39 is 5.60 Å². The van der Waals surface area contributed by atoms with E-state index in [-0.39, 0.29) is 11.9 Å². The summed E-state index contributed by atoms with van der Waals surface area (Å²) in [7, 11) is 0. The second kappa shape index (κ2) is 8.26. The molecule has 1 aliphatic heterocycles. The molecule has 7 nitrogen and oxygen atoms in total. The molecule has 0 bridgehead atoms. The number of amides is 1. The maximum Gasteiger partial charge on any atom is 0.415 e. The SMILES string of the molecule is Cc1ccc(N2CC3(CCC(CNc4ccn(-c5ccccc5F)n4)CC3)OC2=O)cn1. The first-order valence-electron chi connectivity index (χ1n) is 11.0. The molecule has 0 unspecified atom stereocenters. The lowest BCUT2D eigenvalue weighted by molar-refractivity contribution is 0.0148. The van der Waals surface area contributed by atoms with Gasteiger partial charge in [0.05, 0.1) is 18.4 Å². The third-order valence-corrected chi connectivity index (χ3v) is 6.45. The van der Waals surface area contributed by atoms with Crippen LogP contribution in [0.25, 0.3) is 5.69 Å². The highest BCUT2D eigenvalue weighted by Gasteiger charge is 2.47. The number of nitrogens with zero attached hydrogens (tertiary/aromatic N) is 4. The number of benzene rings is 1. The predicted molar refractivity (Wildman–Crippen MR) is 120 cm³/mol. The molecule has 166 valence electrons. The van der Waals surface area contributed by atoms with Crippen molar-refractivity contribution in [1.82, 2.24) is 14.8 Å². The number of aryl methyl sites for hydroxylation is 1. The second-order valence-electron chi connectivity index (χ2n) is 8.72. The van der Waals surface area contributed by atoms with Crippen LogP contribution in [0.4, 0.5) is 20.7 Å². The molecule has 3 heterocycles. The molecule has 0 atom stereocenters. The number of carbonyl (C=O) groups is 1. The van der Waals surface area contributed by atoms with Crippen LogP contribution in [-0.2, 0) is 4.74 Å². The first kappa shape index (κ1) is 20.5. The standard InChI is InChI=1S/C24H26FN5O2/c1-17-6-7-19(15-26-17)29-16-24(32-23(29)31)11-8-18(9-12-24)14-27-22-10-13-30(28-22)21-5-3-2-4-20(21)25/h2-7,10,13,15,18H,8-9,11-12,14,16H2,1H3,(H,27,28). The van der Waals surface area contributed by atoms with Gasteiger partial charge in [0.2, 0.25) is 0 Å². The summed E-state index contributed by atoms with van der Waals surface area (Å²) in [5, 5.41) is 7.81. The number of rotatable bonds is 5. The van der Waals surface area contributed by atoms with E-state index in [4.69, 9.17) is 4.74 Å². The van der Waals surface area contributed by atoms with Gasteiger partial charge >= 0.3 is 6.09 Å². The Morgan fingerprint density at radius 3 is 2.75 bits per heavy atom. The Bertz CT molecular complexity index is 1110. The third kappa shape index (κ3) is 4.04. The lowest BCUT2D eigenvalue weighted by atomic mass is 9.78. The second-order valence-corrected chi connectivity index (χ2v) is 8.72. The van der Waals surface area contributed by atoms with E-state index in [0.717, 1.165) is 49.4 Å².